The second kappa shape index (κ2) is 10.8. The highest BCUT2D eigenvalue weighted by atomic mass is 16.5. The van der Waals surface area contributed by atoms with E-state index in [1.165, 1.54) is 22.0 Å². The standard InChI is InChI=1S/C30H32N2O3/c1-2-35-25-14-12-24(13-15-25)27(20-30(33)31-16-18-34-19-17-31)28-22-32(21-23-8-4-3-5-9-23)29-11-7-6-10-26(28)29/h3-15,22,27H,2,16-21H2,1H3/t27-/m0/s1. The van der Waals surface area contributed by atoms with Crippen LogP contribution in [0.25, 0.3) is 10.9 Å². The third kappa shape index (κ3) is 5.25. The van der Waals surface area contributed by atoms with E-state index in [4.69, 9.17) is 9.47 Å². The van der Waals surface area contributed by atoms with Gasteiger partial charge in [0.25, 0.3) is 0 Å². The van der Waals surface area contributed by atoms with Crippen molar-refractivity contribution in [3.05, 3.63) is 102 Å². The first kappa shape index (κ1) is 23.2. The van der Waals surface area contributed by atoms with Gasteiger partial charge in [-0.1, -0.05) is 60.7 Å². The van der Waals surface area contributed by atoms with Crippen molar-refractivity contribution in [1.82, 2.24) is 9.47 Å². The van der Waals surface area contributed by atoms with Gasteiger partial charge in [-0.3, -0.25) is 4.79 Å². The third-order valence-electron chi connectivity index (χ3n) is 6.73. The molecule has 0 bridgehead atoms. The van der Waals surface area contributed by atoms with E-state index in [9.17, 15) is 4.79 Å². The molecule has 3 aromatic carbocycles. The van der Waals surface area contributed by atoms with E-state index in [1.54, 1.807) is 0 Å². The molecule has 5 nitrogen and oxygen atoms in total. The van der Waals surface area contributed by atoms with Crippen LogP contribution >= 0.6 is 0 Å². The second-order valence-corrected chi connectivity index (χ2v) is 8.97. The minimum absolute atomic E-state index is 0.0528. The first-order chi connectivity index (χ1) is 17.2. The summed E-state index contributed by atoms with van der Waals surface area (Å²) in [5, 5.41) is 1.19. The van der Waals surface area contributed by atoms with Crippen LogP contribution in [0.3, 0.4) is 0 Å². The summed E-state index contributed by atoms with van der Waals surface area (Å²) >= 11 is 0. The molecule has 5 rings (SSSR count). The zero-order chi connectivity index (χ0) is 24.0. The Morgan fingerprint density at radius 1 is 0.943 bits per heavy atom. The lowest BCUT2D eigenvalue weighted by Gasteiger charge is -2.28. The first-order valence-corrected chi connectivity index (χ1v) is 12.4. The van der Waals surface area contributed by atoms with Crippen LogP contribution in [0.5, 0.6) is 5.75 Å². The predicted octanol–water partition coefficient (Wildman–Crippen LogP) is 5.47. The van der Waals surface area contributed by atoms with Crippen molar-refractivity contribution in [2.75, 3.05) is 32.9 Å². The van der Waals surface area contributed by atoms with E-state index in [-0.39, 0.29) is 11.8 Å². The molecule has 1 aliphatic rings. The van der Waals surface area contributed by atoms with Crippen molar-refractivity contribution >= 4 is 16.8 Å². The molecule has 0 unspecified atom stereocenters. The normalized spacial score (nSPS) is 14.7. The molecule has 1 fully saturated rings. The molecule has 1 aromatic heterocycles. The predicted molar refractivity (Wildman–Crippen MR) is 139 cm³/mol. The summed E-state index contributed by atoms with van der Waals surface area (Å²) in [5.41, 5.74) is 4.74. The van der Waals surface area contributed by atoms with E-state index < -0.39 is 0 Å². The smallest absolute Gasteiger partial charge is 0.223 e. The number of hydrogen-bond donors (Lipinski definition) is 0. The molecule has 5 heteroatoms. The lowest BCUT2D eigenvalue weighted by molar-refractivity contribution is -0.135. The van der Waals surface area contributed by atoms with Gasteiger partial charge < -0.3 is 18.9 Å². The van der Waals surface area contributed by atoms with Crippen LogP contribution in [0.2, 0.25) is 0 Å². The van der Waals surface area contributed by atoms with Gasteiger partial charge >= 0.3 is 0 Å². The van der Waals surface area contributed by atoms with Crippen LogP contribution < -0.4 is 4.74 Å². The minimum Gasteiger partial charge on any atom is -0.494 e. The quantitative estimate of drug-likeness (QED) is 0.344. The lowest BCUT2D eigenvalue weighted by atomic mass is 9.87. The Balaban J connectivity index is 1.54. The van der Waals surface area contributed by atoms with Gasteiger partial charge in [-0.05, 0) is 41.8 Å². The maximum absolute atomic E-state index is 13.4. The number of morpholine rings is 1. The van der Waals surface area contributed by atoms with E-state index in [2.05, 4.69) is 71.4 Å². The number of ether oxygens (including phenoxy) is 2. The molecule has 180 valence electrons. The van der Waals surface area contributed by atoms with Gasteiger partial charge in [0.05, 0.1) is 19.8 Å². The van der Waals surface area contributed by atoms with E-state index >= 15 is 0 Å². The summed E-state index contributed by atoms with van der Waals surface area (Å²) in [6.07, 6.45) is 2.67. The molecule has 1 aliphatic heterocycles. The average molecular weight is 469 g/mol. The van der Waals surface area contributed by atoms with Crippen LogP contribution in [0.1, 0.15) is 36.0 Å². The summed E-state index contributed by atoms with van der Waals surface area (Å²) in [5.74, 6) is 0.969. The van der Waals surface area contributed by atoms with E-state index in [0.717, 1.165) is 17.9 Å². The molecule has 0 N–H and O–H groups in total. The van der Waals surface area contributed by atoms with Crippen molar-refractivity contribution in [2.45, 2.75) is 25.8 Å². The number of fused-ring (bicyclic) bond motifs is 1. The van der Waals surface area contributed by atoms with Gasteiger partial charge in [-0.15, -0.1) is 0 Å². The number of amides is 1. The average Bonchev–Trinajstić information content (AvgIpc) is 3.27. The molecular formula is C30H32N2O3. The summed E-state index contributed by atoms with van der Waals surface area (Å²) in [6.45, 7) is 5.93. The Morgan fingerprint density at radius 3 is 2.40 bits per heavy atom. The van der Waals surface area contributed by atoms with Gasteiger partial charge in [0, 0.05) is 49.1 Å². The number of nitrogens with zero attached hydrogens (tertiary/aromatic N) is 2. The van der Waals surface area contributed by atoms with Crippen LogP contribution in [0.4, 0.5) is 0 Å². The summed E-state index contributed by atoms with van der Waals surface area (Å²) in [4.78, 5) is 15.3. The van der Waals surface area contributed by atoms with Crippen LogP contribution in [0, 0.1) is 0 Å². The number of carbonyl (C=O) groups excluding carboxylic acids is 1. The molecule has 1 atom stereocenters. The second-order valence-electron chi connectivity index (χ2n) is 8.97. The SMILES string of the molecule is CCOc1ccc([C@H](CC(=O)N2CCOCC2)c2cn(Cc3ccccc3)c3ccccc23)cc1. The topological polar surface area (TPSA) is 43.7 Å². The molecule has 0 saturated carbocycles. The van der Waals surface area contributed by atoms with Crippen molar-refractivity contribution < 1.29 is 14.3 Å². The third-order valence-corrected chi connectivity index (χ3v) is 6.73. The Morgan fingerprint density at radius 2 is 1.66 bits per heavy atom. The summed E-state index contributed by atoms with van der Waals surface area (Å²) in [7, 11) is 0. The summed E-state index contributed by atoms with van der Waals surface area (Å²) < 4.78 is 13.4. The maximum Gasteiger partial charge on any atom is 0.223 e. The van der Waals surface area contributed by atoms with Crippen molar-refractivity contribution in [3.8, 4) is 5.75 Å². The fourth-order valence-electron chi connectivity index (χ4n) is 4.95. The maximum atomic E-state index is 13.4. The molecule has 35 heavy (non-hydrogen) atoms. The van der Waals surface area contributed by atoms with Gasteiger partial charge in [0.2, 0.25) is 5.91 Å². The lowest BCUT2D eigenvalue weighted by Crippen LogP contribution is -2.41. The Labute approximate surface area is 206 Å². The highest BCUT2D eigenvalue weighted by molar-refractivity contribution is 5.87. The molecule has 0 spiro atoms. The fourth-order valence-corrected chi connectivity index (χ4v) is 4.95. The van der Waals surface area contributed by atoms with Gasteiger partial charge in [-0.25, -0.2) is 0 Å². The highest BCUT2D eigenvalue weighted by Gasteiger charge is 2.26. The molecule has 1 saturated heterocycles. The van der Waals surface area contributed by atoms with Crippen LogP contribution in [-0.2, 0) is 16.1 Å². The monoisotopic (exact) mass is 468 g/mol. The molecular weight excluding hydrogens is 436 g/mol. The molecule has 0 aliphatic carbocycles. The molecule has 2 heterocycles. The summed E-state index contributed by atoms with van der Waals surface area (Å²) in [6, 6.07) is 27.2. The number of aromatic nitrogens is 1. The van der Waals surface area contributed by atoms with Crippen molar-refractivity contribution in [1.29, 1.82) is 0 Å². The molecule has 1 amide bonds. The van der Waals surface area contributed by atoms with E-state index in [1.807, 2.05) is 30.0 Å². The largest absolute Gasteiger partial charge is 0.494 e. The highest BCUT2D eigenvalue weighted by Crippen LogP contribution is 2.36. The zero-order valence-electron chi connectivity index (χ0n) is 20.2. The van der Waals surface area contributed by atoms with Crippen LogP contribution in [0.15, 0.2) is 85.1 Å². The Hall–Kier alpha value is -3.57. The first-order valence-electron chi connectivity index (χ1n) is 12.4. The molecule has 4 aromatic rings. The van der Waals surface area contributed by atoms with E-state index in [0.29, 0.717) is 39.3 Å². The van der Waals surface area contributed by atoms with Crippen molar-refractivity contribution in [3.63, 3.8) is 0 Å². The Kier molecular flexibility index (Phi) is 7.15. The Bertz CT molecular complexity index is 1260. The number of rotatable bonds is 8. The van der Waals surface area contributed by atoms with Crippen molar-refractivity contribution in [2.24, 2.45) is 0 Å². The fraction of sp³-hybridized carbons (Fsp3) is 0.300. The van der Waals surface area contributed by atoms with Gasteiger partial charge in [0.1, 0.15) is 5.75 Å². The number of hydrogen-bond acceptors (Lipinski definition) is 3. The van der Waals surface area contributed by atoms with Gasteiger partial charge in [0.15, 0.2) is 0 Å². The minimum atomic E-state index is -0.0528. The number of benzene rings is 3. The number of carbonyl (C=O) groups is 1. The zero-order valence-corrected chi connectivity index (χ0v) is 20.2. The molecule has 0 radical (unpaired) electrons. The van der Waals surface area contributed by atoms with Crippen LogP contribution in [-0.4, -0.2) is 48.3 Å². The van der Waals surface area contributed by atoms with Gasteiger partial charge in [-0.2, -0.15) is 0 Å². The number of para-hydroxylation sites is 1.